The number of rotatable bonds is 6. The molecule has 0 radical (unpaired) electrons. The fraction of sp³-hybridized carbons (Fsp3) is 0.700. The van der Waals surface area contributed by atoms with Crippen molar-refractivity contribution in [1.82, 2.24) is 15.1 Å². The van der Waals surface area contributed by atoms with E-state index in [1.165, 1.54) is 0 Å². The van der Waals surface area contributed by atoms with Gasteiger partial charge in [-0.15, -0.1) is 0 Å². The number of hydrogen-bond donors (Lipinski definition) is 2. The molecule has 1 aromatic rings. The van der Waals surface area contributed by atoms with Gasteiger partial charge >= 0.3 is 0 Å². The summed E-state index contributed by atoms with van der Waals surface area (Å²) in [6, 6.07) is 0.573. The number of aryl methyl sites for hydroxylation is 1. The predicted octanol–water partition coefficient (Wildman–Crippen LogP) is 1.22. The van der Waals surface area contributed by atoms with Crippen LogP contribution in [-0.2, 0) is 7.05 Å². The minimum Gasteiger partial charge on any atom is -0.382 e. The molecule has 80 valence electrons. The molecule has 0 spiro atoms. The molecule has 0 fully saturated rings. The molecule has 1 heterocycles. The first kappa shape index (κ1) is 11.0. The number of anilines is 1. The lowest BCUT2D eigenvalue weighted by Gasteiger charge is -2.12. The lowest BCUT2D eigenvalue weighted by Crippen LogP contribution is -2.27. The Morgan fingerprint density at radius 2 is 2.36 bits per heavy atom. The van der Waals surface area contributed by atoms with Crippen LogP contribution in [-0.4, -0.2) is 28.9 Å². The normalized spacial score (nSPS) is 12.8. The summed E-state index contributed by atoms with van der Waals surface area (Å²) in [5.41, 5.74) is 1.09. The van der Waals surface area contributed by atoms with Gasteiger partial charge in [-0.3, -0.25) is 4.68 Å². The minimum absolute atomic E-state index is 0.573. The van der Waals surface area contributed by atoms with E-state index >= 15 is 0 Å². The van der Waals surface area contributed by atoms with Crippen LogP contribution in [0.15, 0.2) is 12.4 Å². The van der Waals surface area contributed by atoms with Gasteiger partial charge in [0.1, 0.15) is 0 Å². The highest BCUT2D eigenvalue weighted by molar-refractivity contribution is 5.37. The van der Waals surface area contributed by atoms with E-state index in [4.69, 9.17) is 0 Å². The van der Waals surface area contributed by atoms with Crippen LogP contribution in [0.1, 0.15) is 20.3 Å². The summed E-state index contributed by atoms with van der Waals surface area (Å²) in [6.07, 6.45) is 4.96. The van der Waals surface area contributed by atoms with Crippen LogP contribution in [0.5, 0.6) is 0 Å². The molecule has 0 amide bonds. The molecule has 2 N–H and O–H groups in total. The molecule has 0 aromatic carbocycles. The maximum absolute atomic E-state index is 4.09. The summed E-state index contributed by atoms with van der Waals surface area (Å²) in [7, 11) is 1.92. The fourth-order valence-corrected chi connectivity index (χ4v) is 1.40. The number of nitrogens with zero attached hydrogens (tertiary/aromatic N) is 2. The Hall–Kier alpha value is -1.03. The molecule has 1 unspecified atom stereocenters. The topological polar surface area (TPSA) is 41.9 Å². The third-order valence-corrected chi connectivity index (χ3v) is 2.16. The number of aromatic nitrogens is 2. The van der Waals surface area contributed by atoms with Gasteiger partial charge in [0.2, 0.25) is 0 Å². The van der Waals surface area contributed by atoms with Crippen LogP contribution >= 0.6 is 0 Å². The van der Waals surface area contributed by atoms with Crippen LogP contribution in [0.25, 0.3) is 0 Å². The van der Waals surface area contributed by atoms with E-state index in [1.807, 2.05) is 19.4 Å². The fourth-order valence-electron chi connectivity index (χ4n) is 1.40. The largest absolute Gasteiger partial charge is 0.382 e. The molecule has 1 rings (SSSR count). The predicted molar refractivity (Wildman–Crippen MR) is 59.5 cm³/mol. The summed E-state index contributed by atoms with van der Waals surface area (Å²) in [5.74, 6) is 0. The molecule has 1 atom stereocenters. The molecule has 0 bridgehead atoms. The third-order valence-electron chi connectivity index (χ3n) is 2.16. The van der Waals surface area contributed by atoms with Crippen molar-refractivity contribution in [2.45, 2.75) is 26.3 Å². The van der Waals surface area contributed by atoms with Crippen molar-refractivity contribution in [2.24, 2.45) is 7.05 Å². The lowest BCUT2D eigenvalue weighted by atomic mass is 10.2. The van der Waals surface area contributed by atoms with Crippen molar-refractivity contribution in [3.05, 3.63) is 12.4 Å². The zero-order valence-electron chi connectivity index (χ0n) is 9.25. The Labute approximate surface area is 85.7 Å². The molecule has 0 aliphatic rings. The first-order valence-electron chi connectivity index (χ1n) is 5.18. The van der Waals surface area contributed by atoms with E-state index in [0.29, 0.717) is 6.04 Å². The molecule has 0 aliphatic carbocycles. The quantitative estimate of drug-likeness (QED) is 0.719. The molecular weight excluding hydrogens is 176 g/mol. The van der Waals surface area contributed by atoms with Gasteiger partial charge in [0.15, 0.2) is 0 Å². The maximum atomic E-state index is 4.09. The van der Waals surface area contributed by atoms with Gasteiger partial charge in [-0.05, 0) is 19.9 Å². The van der Waals surface area contributed by atoms with Crippen LogP contribution in [0.4, 0.5) is 5.69 Å². The minimum atomic E-state index is 0.573. The van der Waals surface area contributed by atoms with E-state index in [2.05, 4.69) is 29.6 Å². The van der Waals surface area contributed by atoms with Crippen molar-refractivity contribution in [2.75, 3.05) is 18.4 Å². The first-order chi connectivity index (χ1) is 6.72. The highest BCUT2D eigenvalue weighted by Gasteiger charge is 1.99. The molecular formula is C10H20N4. The Morgan fingerprint density at radius 1 is 1.57 bits per heavy atom. The zero-order valence-corrected chi connectivity index (χ0v) is 9.25. The van der Waals surface area contributed by atoms with Gasteiger partial charge in [-0.1, -0.05) is 6.92 Å². The molecule has 4 nitrogen and oxygen atoms in total. The van der Waals surface area contributed by atoms with Crippen molar-refractivity contribution in [3.63, 3.8) is 0 Å². The summed E-state index contributed by atoms with van der Waals surface area (Å²) in [4.78, 5) is 0. The van der Waals surface area contributed by atoms with Gasteiger partial charge < -0.3 is 10.6 Å². The van der Waals surface area contributed by atoms with E-state index < -0.39 is 0 Å². The Bertz CT molecular complexity index is 256. The second-order valence-electron chi connectivity index (χ2n) is 3.58. The average Bonchev–Trinajstić information content (AvgIpc) is 2.52. The smallest absolute Gasteiger partial charge is 0.0726 e. The van der Waals surface area contributed by atoms with Crippen LogP contribution in [0.3, 0.4) is 0 Å². The van der Waals surface area contributed by atoms with Crippen LogP contribution in [0.2, 0.25) is 0 Å². The summed E-state index contributed by atoms with van der Waals surface area (Å²) in [6.45, 7) is 6.35. The van der Waals surface area contributed by atoms with Crippen molar-refractivity contribution in [3.8, 4) is 0 Å². The molecule has 4 heteroatoms. The van der Waals surface area contributed by atoms with E-state index in [0.717, 1.165) is 25.2 Å². The molecule has 0 saturated heterocycles. The van der Waals surface area contributed by atoms with Gasteiger partial charge in [-0.2, -0.15) is 5.10 Å². The molecule has 0 saturated carbocycles. The standard InChI is InChI=1S/C10H20N4/c1-4-11-9(2)5-6-12-10-7-13-14(3)8-10/h7-9,11-12H,4-6H2,1-3H3. The highest BCUT2D eigenvalue weighted by atomic mass is 15.3. The van der Waals surface area contributed by atoms with Gasteiger partial charge in [-0.25, -0.2) is 0 Å². The third kappa shape index (κ3) is 3.79. The van der Waals surface area contributed by atoms with Crippen molar-refractivity contribution < 1.29 is 0 Å². The molecule has 1 aromatic heterocycles. The van der Waals surface area contributed by atoms with Crippen LogP contribution < -0.4 is 10.6 Å². The number of hydrogen-bond acceptors (Lipinski definition) is 3. The second-order valence-corrected chi connectivity index (χ2v) is 3.58. The van der Waals surface area contributed by atoms with Crippen molar-refractivity contribution in [1.29, 1.82) is 0 Å². The Kier molecular flexibility index (Phi) is 4.46. The summed E-state index contributed by atoms with van der Waals surface area (Å²) < 4.78 is 1.80. The Morgan fingerprint density at radius 3 is 2.93 bits per heavy atom. The van der Waals surface area contributed by atoms with Crippen LogP contribution in [0, 0.1) is 0 Å². The summed E-state index contributed by atoms with van der Waals surface area (Å²) in [5, 5.41) is 10.8. The lowest BCUT2D eigenvalue weighted by molar-refractivity contribution is 0.543. The van der Waals surface area contributed by atoms with Gasteiger partial charge in [0, 0.05) is 25.8 Å². The number of nitrogens with one attached hydrogen (secondary N) is 2. The monoisotopic (exact) mass is 196 g/mol. The van der Waals surface area contributed by atoms with Gasteiger partial charge in [0.25, 0.3) is 0 Å². The highest BCUT2D eigenvalue weighted by Crippen LogP contribution is 2.03. The second kappa shape index (κ2) is 5.65. The zero-order chi connectivity index (χ0) is 10.4. The Balaban J connectivity index is 2.15. The molecule has 0 aliphatic heterocycles. The van der Waals surface area contributed by atoms with Crippen molar-refractivity contribution >= 4 is 5.69 Å². The van der Waals surface area contributed by atoms with Gasteiger partial charge in [0.05, 0.1) is 11.9 Å². The van der Waals surface area contributed by atoms with E-state index in [-0.39, 0.29) is 0 Å². The first-order valence-corrected chi connectivity index (χ1v) is 5.18. The molecule has 14 heavy (non-hydrogen) atoms. The van der Waals surface area contributed by atoms with E-state index in [1.54, 1.807) is 4.68 Å². The van der Waals surface area contributed by atoms with E-state index in [9.17, 15) is 0 Å². The average molecular weight is 196 g/mol. The maximum Gasteiger partial charge on any atom is 0.0726 e. The summed E-state index contributed by atoms with van der Waals surface area (Å²) >= 11 is 0. The SMILES string of the molecule is CCNC(C)CCNc1cnn(C)c1.